The zero-order valence-electron chi connectivity index (χ0n) is 16.8. The highest BCUT2D eigenvalue weighted by Crippen LogP contribution is 2.44. The molecule has 27 heavy (non-hydrogen) atoms. The standard InChI is InChI=1S/C19H36N4O2S.HI/c1-3-13-26(24,25)23-11-9-16(10-12-23)21-19(20-2)22-18-14-17(18)15-7-5-4-6-8-15;/h15-18H,3-14H2,1-2H3,(H2,20,21,22);1H. The lowest BCUT2D eigenvalue weighted by molar-refractivity contribution is 0.304. The van der Waals surface area contributed by atoms with Gasteiger partial charge in [-0.05, 0) is 37.5 Å². The highest BCUT2D eigenvalue weighted by molar-refractivity contribution is 14.0. The molecule has 0 aromatic rings. The number of guanidine groups is 1. The highest BCUT2D eigenvalue weighted by atomic mass is 127. The first-order valence-corrected chi connectivity index (χ1v) is 12.1. The van der Waals surface area contributed by atoms with Crippen molar-refractivity contribution < 1.29 is 8.42 Å². The van der Waals surface area contributed by atoms with Crippen LogP contribution in [0.25, 0.3) is 0 Å². The maximum absolute atomic E-state index is 12.2. The van der Waals surface area contributed by atoms with Crippen molar-refractivity contribution in [3.05, 3.63) is 0 Å². The van der Waals surface area contributed by atoms with Crippen LogP contribution in [0.1, 0.15) is 64.7 Å². The molecule has 0 aromatic carbocycles. The van der Waals surface area contributed by atoms with Crippen LogP contribution in [0.2, 0.25) is 0 Å². The molecular formula is C19H37IN4O2S. The topological polar surface area (TPSA) is 73.8 Å². The molecule has 2 aliphatic carbocycles. The van der Waals surface area contributed by atoms with Crippen molar-refractivity contribution in [3.8, 4) is 0 Å². The molecule has 3 aliphatic rings. The van der Waals surface area contributed by atoms with E-state index in [-0.39, 0.29) is 29.7 Å². The van der Waals surface area contributed by atoms with Crippen molar-refractivity contribution in [2.45, 2.75) is 76.8 Å². The van der Waals surface area contributed by atoms with Gasteiger partial charge in [-0.15, -0.1) is 24.0 Å². The van der Waals surface area contributed by atoms with Crippen molar-refractivity contribution in [1.29, 1.82) is 0 Å². The van der Waals surface area contributed by atoms with Gasteiger partial charge in [-0.3, -0.25) is 4.99 Å². The summed E-state index contributed by atoms with van der Waals surface area (Å²) in [7, 11) is -1.23. The lowest BCUT2D eigenvalue weighted by Crippen LogP contribution is -2.50. The van der Waals surface area contributed by atoms with Crippen molar-refractivity contribution >= 4 is 40.0 Å². The predicted molar refractivity (Wildman–Crippen MR) is 122 cm³/mol. The zero-order chi connectivity index (χ0) is 18.6. The average Bonchev–Trinajstić information content (AvgIpc) is 3.41. The molecule has 0 radical (unpaired) electrons. The summed E-state index contributed by atoms with van der Waals surface area (Å²) in [6.45, 7) is 3.15. The third-order valence-corrected chi connectivity index (χ3v) is 8.37. The van der Waals surface area contributed by atoms with Crippen LogP contribution >= 0.6 is 24.0 Å². The SMILES string of the molecule is CCCS(=O)(=O)N1CCC(NC(=NC)NC2CC2C2CCCCC2)CC1.I. The van der Waals surface area contributed by atoms with Crippen LogP contribution in [0.3, 0.4) is 0 Å². The molecule has 8 heteroatoms. The van der Waals surface area contributed by atoms with E-state index >= 15 is 0 Å². The Morgan fingerprint density at radius 1 is 1.07 bits per heavy atom. The van der Waals surface area contributed by atoms with Gasteiger partial charge in [-0.25, -0.2) is 12.7 Å². The summed E-state index contributed by atoms with van der Waals surface area (Å²) in [4.78, 5) is 4.40. The van der Waals surface area contributed by atoms with Gasteiger partial charge in [-0.2, -0.15) is 0 Å². The molecule has 2 saturated carbocycles. The number of hydrogen-bond acceptors (Lipinski definition) is 3. The number of aliphatic imine (C=N–C) groups is 1. The summed E-state index contributed by atoms with van der Waals surface area (Å²) in [5, 5.41) is 7.13. The van der Waals surface area contributed by atoms with E-state index in [0.29, 0.717) is 31.6 Å². The molecule has 2 N–H and O–H groups in total. The molecule has 1 aliphatic heterocycles. The number of nitrogens with zero attached hydrogens (tertiary/aromatic N) is 2. The number of hydrogen-bond donors (Lipinski definition) is 2. The van der Waals surface area contributed by atoms with Crippen LogP contribution in [-0.4, -0.2) is 56.7 Å². The van der Waals surface area contributed by atoms with Gasteiger partial charge in [-0.1, -0.05) is 39.0 Å². The Morgan fingerprint density at radius 2 is 1.74 bits per heavy atom. The molecule has 1 saturated heterocycles. The summed E-state index contributed by atoms with van der Waals surface area (Å²) in [6.07, 6.45) is 10.7. The first kappa shape index (κ1) is 23.2. The Kier molecular flexibility index (Phi) is 9.12. The van der Waals surface area contributed by atoms with Crippen LogP contribution < -0.4 is 10.6 Å². The molecule has 0 amide bonds. The van der Waals surface area contributed by atoms with Gasteiger partial charge in [0.1, 0.15) is 0 Å². The number of nitrogens with one attached hydrogen (secondary N) is 2. The maximum atomic E-state index is 12.2. The monoisotopic (exact) mass is 512 g/mol. The fourth-order valence-corrected chi connectivity index (χ4v) is 6.21. The molecular weight excluding hydrogens is 475 g/mol. The smallest absolute Gasteiger partial charge is 0.214 e. The van der Waals surface area contributed by atoms with E-state index in [2.05, 4.69) is 15.6 Å². The van der Waals surface area contributed by atoms with E-state index in [1.165, 1.54) is 38.5 Å². The zero-order valence-corrected chi connectivity index (χ0v) is 20.0. The van der Waals surface area contributed by atoms with E-state index in [1.807, 2.05) is 14.0 Å². The van der Waals surface area contributed by atoms with E-state index in [9.17, 15) is 8.42 Å². The van der Waals surface area contributed by atoms with Crippen LogP contribution in [0, 0.1) is 11.8 Å². The molecule has 0 spiro atoms. The van der Waals surface area contributed by atoms with Gasteiger partial charge in [0.15, 0.2) is 5.96 Å². The molecule has 158 valence electrons. The second kappa shape index (κ2) is 10.6. The minimum Gasteiger partial charge on any atom is -0.354 e. The number of rotatable bonds is 6. The van der Waals surface area contributed by atoms with Gasteiger partial charge in [0.2, 0.25) is 10.0 Å². The lowest BCUT2D eigenvalue weighted by atomic mass is 9.85. The second-order valence-electron chi connectivity index (χ2n) is 8.25. The summed E-state index contributed by atoms with van der Waals surface area (Å²) >= 11 is 0. The highest BCUT2D eigenvalue weighted by Gasteiger charge is 2.43. The quantitative estimate of drug-likeness (QED) is 0.326. The van der Waals surface area contributed by atoms with Gasteiger partial charge in [0.05, 0.1) is 5.75 Å². The van der Waals surface area contributed by atoms with E-state index in [1.54, 1.807) is 4.31 Å². The molecule has 3 fully saturated rings. The number of sulfonamides is 1. The molecule has 1 heterocycles. The first-order chi connectivity index (χ1) is 12.5. The lowest BCUT2D eigenvalue weighted by Gasteiger charge is -2.32. The molecule has 0 bridgehead atoms. The maximum Gasteiger partial charge on any atom is 0.214 e. The van der Waals surface area contributed by atoms with Crippen LogP contribution in [0.15, 0.2) is 4.99 Å². The Balaban J connectivity index is 0.00000261. The van der Waals surface area contributed by atoms with Gasteiger partial charge >= 0.3 is 0 Å². The molecule has 2 atom stereocenters. The minimum atomic E-state index is -3.06. The summed E-state index contributed by atoms with van der Waals surface area (Å²) < 4.78 is 26.0. The summed E-state index contributed by atoms with van der Waals surface area (Å²) in [6, 6.07) is 0.885. The Bertz CT molecular complexity index is 585. The van der Waals surface area contributed by atoms with Crippen molar-refractivity contribution in [2.75, 3.05) is 25.9 Å². The fourth-order valence-electron chi connectivity index (χ4n) is 4.67. The van der Waals surface area contributed by atoms with Crippen LogP contribution in [0.5, 0.6) is 0 Å². The largest absolute Gasteiger partial charge is 0.354 e. The van der Waals surface area contributed by atoms with Crippen molar-refractivity contribution in [1.82, 2.24) is 14.9 Å². The summed E-state index contributed by atoms with van der Waals surface area (Å²) in [5.74, 6) is 2.89. The molecule has 6 nitrogen and oxygen atoms in total. The van der Waals surface area contributed by atoms with E-state index in [0.717, 1.165) is 30.6 Å². The Labute approximate surface area is 182 Å². The van der Waals surface area contributed by atoms with E-state index in [4.69, 9.17) is 0 Å². The normalized spacial score (nSPS) is 28.4. The third kappa shape index (κ3) is 6.45. The van der Waals surface area contributed by atoms with Gasteiger partial charge in [0, 0.05) is 32.2 Å². The molecule has 3 rings (SSSR count). The van der Waals surface area contributed by atoms with Crippen molar-refractivity contribution in [2.24, 2.45) is 16.8 Å². The van der Waals surface area contributed by atoms with Crippen LogP contribution in [0.4, 0.5) is 0 Å². The molecule has 0 aromatic heterocycles. The van der Waals surface area contributed by atoms with Crippen LogP contribution in [-0.2, 0) is 10.0 Å². The predicted octanol–water partition coefficient (Wildman–Crippen LogP) is 2.94. The van der Waals surface area contributed by atoms with E-state index < -0.39 is 10.0 Å². The Hall–Kier alpha value is -0.0900. The molecule has 2 unspecified atom stereocenters. The van der Waals surface area contributed by atoms with Gasteiger partial charge in [0.25, 0.3) is 0 Å². The second-order valence-corrected chi connectivity index (χ2v) is 10.3. The van der Waals surface area contributed by atoms with Crippen molar-refractivity contribution in [3.63, 3.8) is 0 Å². The number of halogens is 1. The first-order valence-electron chi connectivity index (χ1n) is 10.5. The third-order valence-electron chi connectivity index (χ3n) is 6.29. The Morgan fingerprint density at radius 3 is 2.33 bits per heavy atom. The fraction of sp³-hybridized carbons (Fsp3) is 0.947. The summed E-state index contributed by atoms with van der Waals surface area (Å²) in [5.41, 5.74) is 0. The number of piperidine rings is 1. The minimum absolute atomic E-state index is 0. The van der Waals surface area contributed by atoms with Gasteiger partial charge < -0.3 is 10.6 Å². The average molecular weight is 513 g/mol.